The first-order chi connectivity index (χ1) is 11.6. The standard InChI is InChI=1S/C18H14O3S3/c19-11-5-1-2-8-14(11)24-18-13(21)7-4-10-16(18)23-15-9-3-6-12(20)17(15)22/h1-10,19-22H. The van der Waals surface area contributed by atoms with Crippen molar-refractivity contribution in [2.24, 2.45) is 0 Å². The molecule has 0 bridgehead atoms. The van der Waals surface area contributed by atoms with Crippen molar-refractivity contribution in [3.63, 3.8) is 0 Å². The van der Waals surface area contributed by atoms with Crippen molar-refractivity contribution in [3.8, 4) is 17.2 Å². The summed E-state index contributed by atoms with van der Waals surface area (Å²) < 4.78 is 0. The van der Waals surface area contributed by atoms with Crippen LogP contribution in [-0.4, -0.2) is 15.3 Å². The fourth-order valence-corrected chi connectivity index (χ4v) is 4.40. The molecule has 3 aromatic rings. The summed E-state index contributed by atoms with van der Waals surface area (Å²) in [6, 6.07) is 17.4. The van der Waals surface area contributed by atoms with Crippen molar-refractivity contribution in [2.75, 3.05) is 0 Å². The Morgan fingerprint density at radius 1 is 0.583 bits per heavy atom. The Morgan fingerprint density at radius 3 is 1.92 bits per heavy atom. The maximum absolute atomic E-state index is 10.3. The second-order valence-electron chi connectivity index (χ2n) is 4.90. The Labute approximate surface area is 153 Å². The smallest absolute Gasteiger partial charge is 0.130 e. The molecular weight excluding hydrogens is 360 g/mol. The molecular formula is C18H14O3S3. The lowest BCUT2D eigenvalue weighted by Crippen LogP contribution is -1.83. The first kappa shape index (κ1) is 17.0. The van der Waals surface area contributed by atoms with Crippen molar-refractivity contribution in [2.45, 2.75) is 24.5 Å². The summed E-state index contributed by atoms with van der Waals surface area (Å²) in [5.74, 6) is 0.404. The highest BCUT2D eigenvalue weighted by molar-refractivity contribution is 8.02. The summed E-state index contributed by atoms with van der Waals surface area (Å²) in [6.45, 7) is 0. The highest BCUT2D eigenvalue weighted by Crippen LogP contribution is 2.47. The Morgan fingerprint density at radius 2 is 1.17 bits per heavy atom. The van der Waals surface area contributed by atoms with Crippen LogP contribution >= 0.6 is 36.2 Å². The van der Waals surface area contributed by atoms with E-state index in [2.05, 4.69) is 12.6 Å². The van der Waals surface area contributed by atoms with Crippen LogP contribution < -0.4 is 0 Å². The van der Waals surface area contributed by atoms with Gasteiger partial charge < -0.3 is 15.3 Å². The minimum Gasteiger partial charge on any atom is -0.507 e. The van der Waals surface area contributed by atoms with Crippen molar-refractivity contribution in [3.05, 3.63) is 60.7 Å². The van der Waals surface area contributed by atoms with Gasteiger partial charge in [-0.25, -0.2) is 0 Å². The lowest BCUT2D eigenvalue weighted by atomic mass is 10.3. The summed E-state index contributed by atoms with van der Waals surface area (Å²) in [7, 11) is 0. The van der Waals surface area contributed by atoms with Gasteiger partial charge in [-0.3, -0.25) is 0 Å². The molecule has 0 atom stereocenters. The summed E-state index contributed by atoms with van der Waals surface area (Å²) in [4.78, 5) is 3.37. The number of thiol groups is 1. The third-order valence-electron chi connectivity index (χ3n) is 3.23. The Bertz CT molecular complexity index is 881. The molecule has 6 heteroatoms. The zero-order valence-electron chi connectivity index (χ0n) is 12.4. The maximum atomic E-state index is 10.3. The number of rotatable bonds is 4. The zero-order valence-corrected chi connectivity index (χ0v) is 14.9. The van der Waals surface area contributed by atoms with E-state index in [1.807, 2.05) is 18.2 Å². The van der Waals surface area contributed by atoms with Crippen LogP contribution in [0.2, 0.25) is 0 Å². The van der Waals surface area contributed by atoms with Crippen LogP contribution in [0.5, 0.6) is 17.2 Å². The number of hydrogen-bond donors (Lipinski definition) is 4. The predicted octanol–water partition coefficient (Wildman–Crippen LogP) is 5.39. The van der Waals surface area contributed by atoms with E-state index < -0.39 is 0 Å². The van der Waals surface area contributed by atoms with Gasteiger partial charge in [-0.2, -0.15) is 0 Å². The van der Waals surface area contributed by atoms with Crippen LogP contribution in [0.1, 0.15) is 0 Å². The molecule has 0 aliphatic rings. The molecule has 0 saturated carbocycles. The van der Waals surface area contributed by atoms with E-state index in [1.165, 1.54) is 23.5 Å². The summed E-state index contributed by atoms with van der Waals surface area (Å²) >= 11 is 7.02. The van der Waals surface area contributed by atoms with Crippen LogP contribution in [0, 0.1) is 0 Å². The molecule has 3 aromatic carbocycles. The molecule has 122 valence electrons. The summed E-state index contributed by atoms with van der Waals surface area (Å²) in [5.41, 5.74) is 0. The predicted molar refractivity (Wildman–Crippen MR) is 99.8 cm³/mol. The van der Waals surface area contributed by atoms with Gasteiger partial charge in [-0.05, 0) is 36.4 Å². The number of benzene rings is 3. The van der Waals surface area contributed by atoms with Crippen molar-refractivity contribution >= 4 is 36.2 Å². The molecule has 0 spiro atoms. The van der Waals surface area contributed by atoms with Gasteiger partial charge in [0.2, 0.25) is 0 Å². The van der Waals surface area contributed by atoms with Crippen LogP contribution in [0.15, 0.2) is 85.1 Å². The molecule has 3 N–H and O–H groups in total. The van der Waals surface area contributed by atoms with E-state index in [-0.39, 0.29) is 17.2 Å². The third-order valence-corrected chi connectivity index (χ3v) is 6.30. The average Bonchev–Trinajstić information content (AvgIpc) is 2.56. The quantitative estimate of drug-likeness (QED) is 0.461. The highest BCUT2D eigenvalue weighted by atomic mass is 32.2. The first-order valence-corrected chi connectivity index (χ1v) is 9.11. The molecule has 3 rings (SSSR count). The van der Waals surface area contributed by atoms with E-state index >= 15 is 0 Å². The lowest BCUT2D eigenvalue weighted by Gasteiger charge is -2.13. The number of para-hydroxylation sites is 1. The van der Waals surface area contributed by atoms with Gasteiger partial charge in [0, 0.05) is 9.79 Å². The van der Waals surface area contributed by atoms with Gasteiger partial charge >= 0.3 is 0 Å². The fourth-order valence-electron chi connectivity index (χ4n) is 2.05. The second-order valence-corrected chi connectivity index (χ2v) is 7.48. The van der Waals surface area contributed by atoms with Crippen molar-refractivity contribution < 1.29 is 15.3 Å². The number of aromatic hydroxyl groups is 3. The van der Waals surface area contributed by atoms with E-state index in [4.69, 9.17) is 0 Å². The molecule has 0 fully saturated rings. The normalized spacial score (nSPS) is 10.7. The second kappa shape index (κ2) is 7.34. The minimum absolute atomic E-state index is 0.110. The number of phenolic OH excluding ortho intramolecular Hbond substituents is 3. The molecule has 0 radical (unpaired) electrons. The number of hydrogen-bond acceptors (Lipinski definition) is 6. The van der Waals surface area contributed by atoms with Gasteiger partial charge in [0.05, 0.1) is 14.7 Å². The summed E-state index contributed by atoms with van der Waals surface area (Å²) in [6.07, 6.45) is 0. The topological polar surface area (TPSA) is 60.7 Å². The largest absolute Gasteiger partial charge is 0.507 e. The zero-order chi connectivity index (χ0) is 17.1. The maximum Gasteiger partial charge on any atom is 0.130 e. The Balaban J connectivity index is 1.99. The summed E-state index contributed by atoms with van der Waals surface area (Å²) in [5, 5.41) is 30.0. The molecule has 0 amide bonds. The molecule has 24 heavy (non-hydrogen) atoms. The van der Waals surface area contributed by atoms with Crippen LogP contribution in [0.25, 0.3) is 0 Å². The third kappa shape index (κ3) is 3.61. The van der Waals surface area contributed by atoms with E-state index in [0.717, 1.165) is 9.79 Å². The molecule has 0 unspecified atom stereocenters. The van der Waals surface area contributed by atoms with Gasteiger partial charge in [-0.1, -0.05) is 47.8 Å². The van der Waals surface area contributed by atoms with Gasteiger partial charge in [0.25, 0.3) is 0 Å². The monoisotopic (exact) mass is 374 g/mol. The molecule has 0 saturated heterocycles. The molecule has 0 aromatic heterocycles. The van der Waals surface area contributed by atoms with Crippen LogP contribution in [0.4, 0.5) is 0 Å². The van der Waals surface area contributed by atoms with E-state index in [0.29, 0.717) is 14.7 Å². The molecule has 0 heterocycles. The molecule has 0 aliphatic heterocycles. The van der Waals surface area contributed by atoms with E-state index in [9.17, 15) is 15.3 Å². The first-order valence-electron chi connectivity index (χ1n) is 7.03. The SMILES string of the molecule is Oc1ccccc1Sc1c(O)cccc1Sc1cccc(O)c1S. The fraction of sp³-hybridized carbons (Fsp3) is 0. The van der Waals surface area contributed by atoms with Crippen molar-refractivity contribution in [1.29, 1.82) is 0 Å². The van der Waals surface area contributed by atoms with Gasteiger partial charge in [0.15, 0.2) is 0 Å². The Hall–Kier alpha value is -1.89. The van der Waals surface area contributed by atoms with Crippen LogP contribution in [-0.2, 0) is 0 Å². The minimum atomic E-state index is 0.110. The van der Waals surface area contributed by atoms with Gasteiger partial charge in [0.1, 0.15) is 17.2 Å². The Kier molecular flexibility index (Phi) is 5.18. The lowest BCUT2D eigenvalue weighted by molar-refractivity contribution is 0.457. The average molecular weight is 375 g/mol. The highest BCUT2D eigenvalue weighted by Gasteiger charge is 2.14. The number of phenols is 3. The van der Waals surface area contributed by atoms with Gasteiger partial charge in [-0.15, -0.1) is 12.6 Å². The molecule has 3 nitrogen and oxygen atoms in total. The van der Waals surface area contributed by atoms with Crippen molar-refractivity contribution in [1.82, 2.24) is 0 Å². The van der Waals surface area contributed by atoms with E-state index in [1.54, 1.807) is 42.5 Å². The van der Waals surface area contributed by atoms with Crippen LogP contribution in [0.3, 0.4) is 0 Å². The molecule has 0 aliphatic carbocycles.